The molecule has 0 aromatic heterocycles. The third kappa shape index (κ3) is 2.11. The van der Waals surface area contributed by atoms with Gasteiger partial charge in [0.1, 0.15) is 0 Å². The number of allylic oxidation sites excluding steroid dienone is 2. The highest BCUT2D eigenvalue weighted by atomic mass is 14.2. The van der Waals surface area contributed by atoms with Crippen molar-refractivity contribution in [1.29, 1.82) is 0 Å². The summed E-state index contributed by atoms with van der Waals surface area (Å²) in [7, 11) is 0. The molecule has 16 heavy (non-hydrogen) atoms. The molecule has 0 fully saturated rings. The van der Waals surface area contributed by atoms with E-state index in [1.54, 1.807) is 5.56 Å². The molecule has 1 aliphatic rings. The van der Waals surface area contributed by atoms with E-state index < -0.39 is 0 Å². The molecule has 1 aromatic carbocycles. The number of hydrogen-bond donors (Lipinski definition) is 0. The highest BCUT2D eigenvalue weighted by molar-refractivity contribution is 5.37. The molecule has 0 nitrogen and oxygen atoms in total. The Labute approximate surface area is 98.7 Å². The summed E-state index contributed by atoms with van der Waals surface area (Å²) < 4.78 is 0. The summed E-state index contributed by atoms with van der Waals surface area (Å²) in [6.07, 6.45) is 6.52. The average Bonchev–Trinajstić information content (AvgIpc) is 2.42. The summed E-state index contributed by atoms with van der Waals surface area (Å²) in [5.41, 5.74) is 5.90. The summed E-state index contributed by atoms with van der Waals surface area (Å²) >= 11 is 0. The van der Waals surface area contributed by atoms with Gasteiger partial charge in [0.2, 0.25) is 0 Å². The second kappa shape index (κ2) is 4.69. The van der Waals surface area contributed by atoms with Crippen LogP contribution in [-0.4, -0.2) is 0 Å². The highest BCUT2D eigenvalue weighted by Gasteiger charge is 2.19. The van der Waals surface area contributed by atoms with E-state index in [1.165, 1.54) is 16.7 Å². The first kappa shape index (κ1) is 11.2. The van der Waals surface area contributed by atoms with E-state index in [9.17, 15) is 0 Å². The molecular weight excluding hydrogens is 192 g/mol. The Kier molecular flexibility index (Phi) is 3.28. The van der Waals surface area contributed by atoms with Crippen molar-refractivity contribution in [3.63, 3.8) is 0 Å². The van der Waals surface area contributed by atoms with E-state index in [0.29, 0.717) is 5.92 Å². The van der Waals surface area contributed by atoms with Crippen molar-refractivity contribution in [2.24, 2.45) is 5.92 Å². The molecule has 0 spiro atoms. The SMILES string of the molecule is C=CCC1Cc2c(C)cccc2CCC1=C. The quantitative estimate of drug-likeness (QED) is 0.508. The first-order valence-electron chi connectivity index (χ1n) is 6.08. The number of hydrogen-bond acceptors (Lipinski definition) is 0. The Bertz CT molecular complexity index is 412. The smallest absolute Gasteiger partial charge is 0.0131 e. The molecule has 0 saturated heterocycles. The van der Waals surface area contributed by atoms with Crippen molar-refractivity contribution >= 4 is 0 Å². The largest absolute Gasteiger partial charge is 0.103 e. The van der Waals surface area contributed by atoms with Crippen LogP contribution in [-0.2, 0) is 12.8 Å². The minimum Gasteiger partial charge on any atom is -0.103 e. The van der Waals surface area contributed by atoms with Gasteiger partial charge in [-0.15, -0.1) is 6.58 Å². The van der Waals surface area contributed by atoms with Gasteiger partial charge in [-0.05, 0) is 55.2 Å². The Morgan fingerprint density at radius 1 is 1.38 bits per heavy atom. The number of rotatable bonds is 2. The molecule has 0 N–H and O–H groups in total. The summed E-state index contributed by atoms with van der Waals surface area (Å²) in [5.74, 6) is 0.597. The van der Waals surface area contributed by atoms with Crippen molar-refractivity contribution in [3.8, 4) is 0 Å². The first-order chi connectivity index (χ1) is 7.72. The second-order valence-electron chi connectivity index (χ2n) is 4.80. The van der Waals surface area contributed by atoms with Crippen LogP contribution in [0.5, 0.6) is 0 Å². The molecule has 1 unspecified atom stereocenters. The minimum absolute atomic E-state index is 0.597. The molecule has 0 heteroatoms. The topological polar surface area (TPSA) is 0 Å². The third-order valence-electron chi connectivity index (χ3n) is 3.70. The van der Waals surface area contributed by atoms with Crippen LogP contribution in [0.3, 0.4) is 0 Å². The summed E-state index contributed by atoms with van der Waals surface area (Å²) in [4.78, 5) is 0. The predicted octanol–water partition coefficient (Wildman–Crippen LogP) is 4.23. The third-order valence-corrected chi connectivity index (χ3v) is 3.70. The molecule has 0 saturated carbocycles. The molecule has 1 aromatic rings. The van der Waals surface area contributed by atoms with Gasteiger partial charge in [0.05, 0.1) is 0 Å². The normalized spacial score (nSPS) is 20.1. The zero-order chi connectivity index (χ0) is 11.5. The molecule has 0 aliphatic heterocycles. The van der Waals surface area contributed by atoms with Gasteiger partial charge in [-0.25, -0.2) is 0 Å². The van der Waals surface area contributed by atoms with Crippen molar-refractivity contribution in [3.05, 3.63) is 59.7 Å². The zero-order valence-electron chi connectivity index (χ0n) is 10.1. The number of benzene rings is 1. The van der Waals surface area contributed by atoms with Gasteiger partial charge >= 0.3 is 0 Å². The monoisotopic (exact) mass is 212 g/mol. The van der Waals surface area contributed by atoms with E-state index in [-0.39, 0.29) is 0 Å². The van der Waals surface area contributed by atoms with Crippen LogP contribution in [0.2, 0.25) is 0 Å². The standard InChI is InChI=1S/C16H20/c1-4-6-15-11-16-13(3)7-5-8-14(16)10-9-12(15)2/h4-5,7-8,15H,1-2,6,9-11H2,3H3. The maximum Gasteiger partial charge on any atom is -0.0131 e. The maximum absolute atomic E-state index is 4.24. The van der Waals surface area contributed by atoms with Crippen LogP contribution in [0.4, 0.5) is 0 Å². The lowest BCUT2D eigenvalue weighted by Crippen LogP contribution is -2.05. The molecule has 0 amide bonds. The molecule has 1 aliphatic carbocycles. The summed E-state index contributed by atoms with van der Waals surface area (Å²) in [6.45, 7) is 10.3. The number of aryl methyl sites for hydroxylation is 2. The second-order valence-corrected chi connectivity index (χ2v) is 4.80. The van der Waals surface area contributed by atoms with Crippen LogP contribution in [0, 0.1) is 12.8 Å². The summed E-state index contributed by atoms with van der Waals surface area (Å²) in [5, 5.41) is 0. The van der Waals surface area contributed by atoms with Crippen molar-refractivity contribution in [2.75, 3.05) is 0 Å². The molecule has 0 heterocycles. The van der Waals surface area contributed by atoms with Crippen LogP contribution in [0.15, 0.2) is 43.0 Å². The van der Waals surface area contributed by atoms with E-state index in [0.717, 1.165) is 25.7 Å². The van der Waals surface area contributed by atoms with E-state index in [4.69, 9.17) is 0 Å². The fourth-order valence-corrected chi connectivity index (χ4v) is 2.63. The lowest BCUT2D eigenvalue weighted by atomic mass is 9.89. The Morgan fingerprint density at radius 3 is 2.94 bits per heavy atom. The van der Waals surface area contributed by atoms with Crippen molar-refractivity contribution < 1.29 is 0 Å². The fraction of sp³-hybridized carbons (Fsp3) is 0.375. The molecule has 1 atom stereocenters. The highest BCUT2D eigenvalue weighted by Crippen LogP contribution is 2.31. The lowest BCUT2D eigenvalue weighted by Gasteiger charge is -2.16. The van der Waals surface area contributed by atoms with Gasteiger partial charge in [0, 0.05) is 0 Å². The van der Waals surface area contributed by atoms with E-state index >= 15 is 0 Å². The Morgan fingerprint density at radius 2 is 2.19 bits per heavy atom. The molecular formula is C16H20. The Balaban J connectivity index is 2.35. The lowest BCUT2D eigenvalue weighted by molar-refractivity contribution is 0.609. The van der Waals surface area contributed by atoms with Crippen LogP contribution in [0.1, 0.15) is 29.5 Å². The molecule has 84 valence electrons. The van der Waals surface area contributed by atoms with Gasteiger partial charge in [-0.1, -0.05) is 36.4 Å². The van der Waals surface area contributed by atoms with Crippen molar-refractivity contribution in [1.82, 2.24) is 0 Å². The van der Waals surface area contributed by atoms with E-state index in [1.807, 2.05) is 6.08 Å². The zero-order valence-corrected chi connectivity index (χ0v) is 10.1. The fourth-order valence-electron chi connectivity index (χ4n) is 2.63. The molecule has 0 bridgehead atoms. The van der Waals surface area contributed by atoms with E-state index in [2.05, 4.69) is 38.3 Å². The minimum atomic E-state index is 0.597. The van der Waals surface area contributed by atoms with Crippen LogP contribution < -0.4 is 0 Å². The van der Waals surface area contributed by atoms with Gasteiger partial charge < -0.3 is 0 Å². The maximum atomic E-state index is 4.24. The van der Waals surface area contributed by atoms with Gasteiger partial charge in [0.25, 0.3) is 0 Å². The van der Waals surface area contributed by atoms with Gasteiger partial charge in [-0.2, -0.15) is 0 Å². The van der Waals surface area contributed by atoms with Gasteiger partial charge in [-0.3, -0.25) is 0 Å². The van der Waals surface area contributed by atoms with Crippen LogP contribution >= 0.6 is 0 Å². The first-order valence-corrected chi connectivity index (χ1v) is 6.08. The van der Waals surface area contributed by atoms with Crippen molar-refractivity contribution in [2.45, 2.75) is 32.6 Å². The van der Waals surface area contributed by atoms with Gasteiger partial charge in [0.15, 0.2) is 0 Å². The van der Waals surface area contributed by atoms with Crippen LogP contribution in [0.25, 0.3) is 0 Å². The molecule has 2 rings (SSSR count). The average molecular weight is 212 g/mol. The number of fused-ring (bicyclic) bond motifs is 1. The molecule has 0 radical (unpaired) electrons. The Hall–Kier alpha value is -1.30. The predicted molar refractivity (Wildman–Crippen MR) is 70.6 cm³/mol. The summed E-state index contributed by atoms with van der Waals surface area (Å²) in [6, 6.07) is 6.66.